The number of ether oxygens (including phenoxy) is 1. The topological polar surface area (TPSA) is 96.7 Å². The van der Waals surface area contributed by atoms with Gasteiger partial charge in [-0.05, 0) is 29.0 Å². The predicted molar refractivity (Wildman–Crippen MR) is 114 cm³/mol. The summed E-state index contributed by atoms with van der Waals surface area (Å²) in [5.41, 5.74) is 7.41. The van der Waals surface area contributed by atoms with E-state index in [1.165, 1.54) is 7.11 Å². The standard InChI is InChI=1S/C20H26N4O3S/c1-27-11-18-19(25)22-7-8-24(18)20(26)17-4-2-3-13-9-15(5-6-16(13)17)23-10-14(21)12-28/h2-6,9,14,18,23,28H,7-8,10-12,21H2,1H3,(H,22,25)/t14-,18-/m1/s1. The molecule has 1 saturated heterocycles. The van der Waals surface area contributed by atoms with Gasteiger partial charge in [0.1, 0.15) is 6.04 Å². The molecule has 3 rings (SSSR count). The number of carbonyl (C=O) groups is 2. The molecule has 0 aliphatic carbocycles. The molecule has 0 aromatic heterocycles. The van der Waals surface area contributed by atoms with E-state index in [1.54, 1.807) is 11.0 Å². The van der Waals surface area contributed by atoms with Gasteiger partial charge in [0.25, 0.3) is 5.91 Å². The minimum atomic E-state index is -0.620. The number of carbonyl (C=O) groups excluding carboxylic acids is 2. The Hall–Kier alpha value is -2.29. The highest BCUT2D eigenvalue weighted by Gasteiger charge is 2.33. The van der Waals surface area contributed by atoms with Gasteiger partial charge in [0.05, 0.1) is 6.61 Å². The summed E-state index contributed by atoms with van der Waals surface area (Å²) in [5.74, 6) is 0.250. The summed E-state index contributed by atoms with van der Waals surface area (Å²) in [4.78, 5) is 27.0. The summed E-state index contributed by atoms with van der Waals surface area (Å²) in [6, 6.07) is 10.8. The molecule has 0 radical (unpaired) electrons. The Balaban J connectivity index is 1.87. The Bertz CT molecular complexity index is 860. The SMILES string of the molecule is COC[C@@H]1C(=O)NCCN1C(=O)c1cccc2cc(NC[C@@H](N)CS)ccc12. The second kappa shape index (κ2) is 9.27. The normalized spacial score (nSPS) is 18.0. The van der Waals surface area contributed by atoms with Crippen molar-refractivity contribution in [3.8, 4) is 0 Å². The third-order valence-electron chi connectivity index (χ3n) is 4.83. The molecule has 1 heterocycles. The van der Waals surface area contributed by atoms with E-state index in [4.69, 9.17) is 10.5 Å². The zero-order valence-corrected chi connectivity index (χ0v) is 16.7. The van der Waals surface area contributed by atoms with Gasteiger partial charge >= 0.3 is 0 Å². The maximum absolute atomic E-state index is 13.2. The molecule has 28 heavy (non-hydrogen) atoms. The van der Waals surface area contributed by atoms with Crippen LogP contribution in [0.2, 0.25) is 0 Å². The Morgan fingerprint density at radius 2 is 2.25 bits per heavy atom. The number of nitrogens with two attached hydrogens (primary N) is 1. The predicted octanol–water partition coefficient (Wildman–Crippen LogP) is 1.10. The van der Waals surface area contributed by atoms with Crippen molar-refractivity contribution >= 4 is 40.9 Å². The molecule has 4 N–H and O–H groups in total. The van der Waals surface area contributed by atoms with Crippen LogP contribution in [0.25, 0.3) is 10.8 Å². The van der Waals surface area contributed by atoms with E-state index >= 15 is 0 Å². The molecule has 8 heteroatoms. The van der Waals surface area contributed by atoms with Crippen LogP contribution in [0.4, 0.5) is 5.69 Å². The van der Waals surface area contributed by atoms with Gasteiger partial charge in [-0.2, -0.15) is 12.6 Å². The lowest BCUT2D eigenvalue weighted by atomic mass is 10.0. The van der Waals surface area contributed by atoms with E-state index < -0.39 is 6.04 Å². The first kappa shape index (κ1) is 20.4. The van der Waals surface area contributed by atoms with Crippen molar-refractivity contribution in [2.24, 2.45) is 5.73 Å². The minimum Gasteiger partial charge on any atom is -0.383 e. The zero-order chi connectivity index (χ0) is 20.1. The number of hydrogen-bond donors (Lipinski definition) is 4. The average Bonchev–Trinajstić information content (AvgIpc) is 2.72. The van der Waals surface area contributed by atoms with Crippen molar-refractivity contribution in [3.63, 3.8) is 0 Å². The average molecular weight is 403 g/mol. The van der Waals surface area contributed by atoms with Crippen LogP contribution >= 0.6 is 12.6 Å². The molecule has 1 fully saturated rings. The van der Waals surface area contributed by atoms with E-state index in [0.29, 0.717) is 31.0 Å². The summed E-state index contributed by atoms with van der Waals surface area (Å²) < 4.78 is 5.15. The Kier molecular flexibility index (Phi) is 6.77. The fourth-order valence-corrected chi connectivity index (χ4v) is 3.46. The van der Waals surface area contributed by atoms with Gasteiger partial charge in [-0.15, -0.1) is 0 Å². The Morgan fingerprint density at radius 1 is 1.43 bits per heavy atom. The summed E-state index contributed by atoms with van der Waals surface area (Å²) in [6.45, 7) is 1.68. The van der Waals surface area contributed by atoms with Crippen LogP contribution in [-0.4, -0.2) is 67.9 Å². The Morgan fingerprint density at radius 3 is 3.00 bits per heavy atom. The lowest BCUT2D eigenvalue weighted by Crippen LogP contribution is -2.58. The highest BCUT2D eigenvalue weighted by molar-refractivity contribution is 7.80. The highest BCUT2D eigenvalue weighted by Crippen LogP contribution is 2.25. The number of fused-ring (bicyclic) bond motifs is 1. The first-order valence-electron chi connectivity index (χ1n) is 9.26. The van der Waals surface area contributed by atoms with E-state index in [0.717, 1.165) is 16.5 Å². The summed E-state index contributed by atoms with van der Waals surface area (Å²) in [6.07, 6.45) is 0. The lowest BCUT2D eigenvalue weighted by Gasteiger charge is -2.34. The number of amides is 2. The summed E-state index contributed by atoms with van der Waals surface area (Å²) in [7, 11) is 1.52. The zero-order valence-electron chi connectivity index (χ0n) is 15.9. The fraction of sp³-hybridized carbons (Fsp3) is 0.400. The highest BCUT2D eigenvalue weighted by atomic mass is 32.1. The summed E-state index contributed by atoms with van der Waals surface area (Å²) in [5, 5.41) is 7.87. The third kappa shape index (κ3) is 4.40. The second-order valence-corrected chi connectivity index (χ2v) is 7.19. The molecule has 2 amide bonds. The van der Waals surface area contributed by atoms with Crippen molar-refractivity contribution < 1.29 is 14.3 Å². The number of nitrogens with one attached hydrogen (secondary N) is 2. The molecule has 150 valence electrons. The lowest BCUT2D eigenvalue weighted by molar-refractivity contribution is -0.129. The first-order chi connectivity index (χ1) is 13.5. The van der Waals surface area contributed by atoms with Crippen molar-refractivity contribution in [1.29, 1.82) is 0 Å². The molecule has 0 spiro atoms. The number of methoxy groups -OCH3 is 1. The Labute approximate surface area is 170 Å². The molecule has 0 unspecified atom stereocenters. The third-order valence-corrected chi connectivity index (χ3v) is 5.30. The number of anilines is 1. The van der Waals surface area contributed by atoms with Gasteiger partial charge in [0.15, 0.2) is 0 Å². The van der Waals surface area contributed by atoms with Gasteiger partial charge < -0.3 is 26.0 Å². The van der Waals surface area contributed by atoms with Crippen molar-refractivity contribution in [2.75, 3.05) is 44.4 Å². The number of nitrogens with zero attached hydrogens (tertiary/aromatic N) is 1. The summed E-state index contributed by atoms with van der Waals surface area (Å²) >= 11 is 4.19. The van der Waals surface area contributed by atoms with E-state index in [1.807, 2.05) is 30.3 Å². The molecule has 0 bridgehead atoms. The van der Waals surface area contributed by atoms with E-state index in [9.17, 15) is 9.59 Å². The minimum absolute atomic E-state index is 0.0325. The van der Waals surface area contributed by atoms with Crippen LogP contribution < -0.4 is 16.4 Å². The molecular weight excluding hydrogens is 376 g/mol. The number of benzene rings is 2. The van der Waals surface area contributed by atoms with Crippen molar-refractivity contribution in [2.45, 2.75) is 12.1 Å². The van der Waals surface area contributed by atoms with Crippen LogP contribution in [0, 0.1) is 0 Å². The second-order valence-electron chi connectivity index (χ2n) is 6.83. The van der Waals surface area contributed by atoms with Crippen LogP contribution in [0.15, 0.2) is 36.4 Å². The number of hydrogen-bond acceptors (Lipinski definition) is 6. The molecule has 2 aromatic carbocycles. The van der Waals surface area contributed by atoms with Crippen LogP contribution in [0.3, 0.4) is 0 Å². The van der Waals surface area contributed by atoms with Gasteiger partial charge in [-0.3, -0.25) is 9.59 Å². The number of thiol groups is 1. The molecule has 0 saturated carbocycles. The maximum Gasteiger partial charge on any atom is 0.255 e. The molecule has 2 aromatic rings. The van der Waals surface area contributed by atoms with Gasteiger partial charge in [0.2, 0.25) is 5.91 Å². The molecule has 1 aliphatic rings. The molecule has 2 atom stereocenters. The fourth-order valence-electron chi connectivity index (χ4n) is 3.33. The van der Waals surface area contributed by atoms with Crippen LogP contribution in [0.1, 0.15) is 10.4 Å². The monoisotopic (exact) mass is 402 g/mol. The molecule has 1 aliphatic heterocycles. The number of piperazine rings is 1. The number of rotatable bonds is 7. The van der Waals surface area contributed by atoms with E-state index in [2.05, 4.69) is 23.3 Å². The largest absolute Gasteiger partial charge is 0.383 e. The smallest absolute Gasteiger partial charge is 0.255 e. The van der Waals surface area contributed by atoms with Crippen molar-refractivity contribution in [3.05, 3.63) is 42.0 Å². The quantitative estimate of drug-likeness (QED) is 0.520. The molecular formula is C20H26N4O3S. The van der Waals surface area contributed by atoms with Crippen LogP contribution in [0.5, 0.6) is 0 Å². The van der Waals surface area contributed by atoms with Gasteiger partial charge in [-0.1, -0.05) is 18.2 Å². The molecule has 7 nitrogen and oxygen atoms in total. The van der Waals surface area contributed by atoms with Gasteiger partial charge in [0, 0.05) is 49.8 Å². The van der Waals surface area contributed by atoms with Gasteiger partial charge in [-0.25, -0.2) is 0 Å². The first-order valence-corrected chi connectivity index (χ1v) is 9.89. The maximum atomic E-state index is 13.2. The van der Waals surface area contributed by atoms with Crippen LogP contribution in [-0.2, 0) is 9.53 Å². The van der Waals surface area contributed by atoms with Crippen molar-refractivity contribution in [1.82, 2.24) is 10.2 Å². The van der Waals surface area contributed by atoms with E-state index in [-0.39, 0.29) is 24.5 Å².